The summed E-state index contributed by atoms with van der Waals surface area (Å²) in [6.45, 7) is 0.290. The second-order valence-corrected chi connectivity index (χ2v) is 6.62. The first kappa shape index (κ1) is 18.8. The molecule has 0 fully saturated rings. The fourth-order valence-corrected chi connectivity index (χ4v) is 3.08. The number of halogens is 3. The van der Waals surface area contributed by atoms with Gasteiger partial charge in [-0.15, -0.1) is 0 Å². The minimum atomic E-state index is -4.35. The second-order valence-electron chi connectivity index (χ2n) is 6.62. The van der Waals surface area contributed by atoms with E-state index in [1.54, 1.807) is 18.3 Å². The number of hydrogen-bond acceptors (Lipinski definition) is 4. The molecule has 0 bridgehead atoms. The van der Waals surface area contributed by atoms with Gasteiger partial charge in [-0.1, -0.05) is 12.1 Å². The minimum Gasteiger partial charge on any atom is -0.493 e. The van der Waals surface area contributed by atoms with E-state index in [4.69, 9.17) is 0 Å². The maximum atomic E-state index is 12.6. The monoisotopic (exact) mass is 398 g/mol. The molecule has 0 aliphatic carbocycles. The van der Waals surface area contributed by atoms with E-state index in [1.807, 2.05) is 18.3 Å². The highest BCUT2D eigenvalue weighted by Gasteiger charge is 2.29. The van der Waals surface area contributed by atoms with Crippen LogP contribution in [0.3, 0.4) is 0 Å². The Morgan fingerprint density at radius 1 is 1.00 bits per heavy atom. The van der Waals surface area contributed by atoms with E-state index in [-0.39, 0.29) is 12.4 Å². The quantitative estimate of drug-likeness (QED) is 0.448. The van der Waals surface area contributed by atoms with Crippen molar-refractivity contribution in [2.45, 2.75) is 19.1 Å². The molecule has 8 heteroatoms. The van der Waals surface area contributed by atoms with E-state index in [1.165, 1.54) is 12.1 Å². The molecule has 4 rings (SSSR count). The van der Waals surface area contributed by atoms with Gasteiger partial charge in [0.05, 0.1) is 5.56 Å². The first-order chi connectivity index (χ1) is 13.9. The third kappa shape index (κ3) is 4.16. The van der Waals surface area contributed by atoms with Gasteiger partial charge in [0.2, 0.25) is 5.88 Å². The number of alkyl halides is 3. The predicted octanol–water partition coefficient (Wildman–Crippen LogP) is 4.89. The maximum absolute atomic E-state index is 12.6. The lowest BCUT2D eigenvalue weighted by atomic mass is 10.1. The van der Waals surface area contributed by atoms with Crippen LogP contribution >= 0.6 is 0 Å². The lowest BCUT2D eigenvalue weighted by Crippen LogP contribution is -2.06. The van der Waals surface area contributed by atoms with Gasteiger partial charge in [-0.3, -0.25) is 0 Å². The number of nitrogens with one attached hydrogen (secondary N) is 2. The molecule has 148 valence electrons. The summed E-state index contributed by atoms with van der Waals surface area (Å²) in [5.74, 6) is 0.340. The van der Waals surface area contributed by atoms with Crippen molar-refractivity contribution in [3.63, 3.8) is 0 Å². The maximum Gasteiger partial charge on any atom is 0.416 e. The molecule has 3 heterocycles. The Labute approximate surface area is 164 Å². The van der Waals surface area contributed by atoms with Crippen LogP contribution in [0.5, 0.6) is 5.88 Å². The molecule has 0 unspecified atom stereocenters. The average Bonchev–Trinajstić information content (AvgIpc) is 3.11. The first-order valence-electron chi connectivity index (χ1n) is 8.90. The molecule has 0 radical (unpaired) electrons. The van der Waals surface area contributed by atoms with Crippen LogP contribution in [-0.4, -0.2) is 20.1 Å². The Morgan fingerprint density at radius 2 is 1.79 bits per heavy atom. The average molecular weight is 398 g/mol. The number of fused-ring (bicyclic) bond motifs is 1. The van der Waals surface area contributed by atoms with E-state index in [9.17, 15) is 18.3 Å². The van der Waals surface area contributed by atoms with Crippen molar-refractivity contribution >= 4 is 16.9 Å². The van der Waals surface area contributed by atoms with Gasteiger partial charge in [-0.25, -0.2) is 4.98 Å². The van der Waals surface area contributed by atoms with Gasteiger partial charge < -0.3 is 15.4 Å². The SMILES string of the molecule is Oc1nc(NCc2ccc(C(F)(F)F)cc2)ccc1Cc1c[nH]c2ncccc12. The third-order valence-electron chi connectivity index (χ3n) is 4.63. The number of pyridine rings is 2. The summed E-state index contributed by atoms with van der Waals surface area (Å²) in [5, 5.41) is 14.3. The number of rotatable bonds is 5. The van der Waals surface area contributed by atoms with Crippen LogP contribution < -0.4 is 5.32 Å². The highest BCUT2D eigenvalue weighted by Crippen LogP contribution is 2.29. The second kappa shape index (κ2) is 7.46. The molecule has 1 aromatic carbocycles. The molecule has 0 saturated heterocycles. The summed E-state index contributed by atoms with van der Waals surface area (Å²) in [6.07, 6.45) is -0.299. The van der Waals surface area contributed by atoms with Crippen LogP contribution in [0.25, 0.3) is 11.0 Å². The molecule has 29 heavy (non-hydrogen) atoms. The van der Waals surface area contributed by atoms with Crippen molar-refractivity contribution in [1.82, 2.24) is 15.0 Å². The normalized spacial score (nSPS) is 11.7. The Bertz CT molecular complexity index is 1140. The van der Waals surface area contributed by atoms with Gasteiger partial charge in [0.25, 0.3) is 0 Å². The smallest absolute Gasteiger partial charge is 0.416 e. The number of aromatic hydroxyl groups is 1. The van der Waals surface area contributed by atoms with Crippen molar-refractivity contribution in [1.29, 1.82) is 0 Å². The summed E-state index contributed by atoms with van der Waals surface area (Å²) in [6, 6.07) is 12.2. The van der Waals surface area contributed by atoms with Gasteiger partial charge >= 0.3 is 6.18 Å². The largest absolute Gasteiger partial charge is 0.493 e. The van der Waals surface area contributed by atoms with E-state index in [0.29, 0.717) is 23.4 Å². The molecular weight excluding hydrogens is 381 g/mol. The highest BCUT2D eigenvalue weighted by atomic mass is 19.4. The van der Waals surface area contributed by atoms with Gasteiger partial charge in [0, 0.05) is 36.3 Å². The Hall–Kier alpha value is -3.55. The first-order valence-corrected chi connectivity index (χ1v) is 8.90. The van der Waals surface area contributed by atoms with Crippen molar-refractivity contribution in [2.24, 2.45) is 0 Å². The van der Waals surface area contributed by atoms with Crippen LogP contribution in [0.1, 0.15) is 22.3 Å². The number of hydrogen-bond donors (Lipinski definition) is 3. The van der Waals surface area contributed by atoms with Crippen LogP contribution in [-0.2, 0) is 19.1 Å². The number of benzene rings is 1. The van der Waals surface area contributed by atoms with Crippen molar-refractivity contribution in [2.75, 3.05) is 5.32 Å². The molecule has 0 amide bonds. The number of H-pyrrole nitrogens is 1. The zero-order valence-electron chi connectivity index (χ0n) is 15.2. The Balaban J connectivity index is 1.43. The molecule has 0 spiro atoms. The fourth-order valence-electron chi connectivity index (χ4n) is 3.08. The van der Waals surface area contributed by atoms with E-state index >= 15 is 0 Å². The zero-order chi connectivity index (χ0) is 20.4. The summed E-state index contributed by atoms with van der Waals surface area (Å²) < 4.78 is 37.8. The Morgan fingerprint density at radius 3 is 2.52 bits per heavy atom. The number of aromatic nitrogens is 3. The molecule has 0 saturated carbocycles. The van der Waals surface area contributed by atoms with Crippen molar-refractivity contribution in [3.8, 4) is 5.88 Å². The predicted molar refractivity (Wildman–Crippen MR) is 104 cm³/mol. The summed E-state index contributed by atoms with van der Waals surface area (Å²) >= 11 is 0. The van der Waals surface area contributed by atoms with Crippen molar-refractivity contribution < 1.29 is 18.3 Å². The lowest BCUT2D eigenvalue weighted by Gasteiger charge is -2.10. The van der Waals surface area contributed by atoms with Gasteiger partial charge in [0.15, 0.2) is 0 Å². The molecule has 3 N–H and O–H groups in total. The summed E-state index contributed by atoms with van der Waals surface area (Å²) in [4.78, 5) is 11.5. The van der Waals surface area contributed by atoms with E-state index < -0.39 is 11.7 Å². The van der Waals surface area contributed by atoms with Crippen LogP contribution in [0.15, 0.2) is 60.9 Å². The molecular formula is C21H17F3N4O. The van der Waals surface area contributed by atoms with E-state index in [2.05, 4.69) is 20.3 Å². The fraction of sp³-hybridized carbons (Fsp3) is 0.143. The lowest BCUT2D eigenvalue weighted by molar-refractivity contribution is -0.137. The molecule has 5 nitrogen and oxygen atoms in total. The van der Waals surface area contributed by atoms with Gasteiger partial charge in [-0.2, -0.15) is 18.2 Å². The van der Waals surface area contributed by atoms with E-state index in [0.717, 1.165) is 28.7 Å². The summed E-state index contributed by atoms with van der Waals surface area (Å²) in [5.41, 5.74) is 2.43. The molecule has 3 aromatic heterocycles. The molecule has 4 aromatic rings. The molecule has 0 aliphatic rings. The van der Waals surface area contributed by atoms with Crippen molar-refractivity contribution in [3.05, 3.63) is 83.2 Å². The zero-order valence-corrected chi connectivity index (χ0v) is 15.2. The van der Waals surface area contributed by atoms with Gasteiger partial charge in [-0.05, 0) is 47.5 Å². The van der Waals surface area contributed by atoms with Crippen LogP contribution in [0, 0.1) is 0 Å². The molecule has 0 aliphatic heterocycles. The third-order valence-corrected chi connectivity index (χ3v) is 4.63. The number of nitrogens with zero attached hydrogens (tertiary/aromatic N) is 2. The summed E-state index contributed by atoms with van der Waals surface area (Å²) in [7, 11) is 0. The standard InChI is InChI=1S/C21H17F3N4O/c22-21(23,24)16-6-3-13(4-7-16)11-26-18-8-5-14(20(29)28-18)10-15-12-27-19-17(15)2-1-9-25-19/h1-9,12H,10-11H2,(H,25,27)(H2,26,28,29). The van der Waals surface area contributed by atoms with Crippen LogP contribution in [0.4, 0.5) is 19.0 Å². The Kier molecular flexibility index (Phi) is 4.84. The van der Waals surface area contributed by atoms with Gasteiger partial charge in [0.1, 0.15) is 11.5 Å². The topological polar surface area (TPSA) is 73.8 Å². The highest BCUT2D eigenvalue weighted by molar-refractivity contribution is 5.79. The number of aromatic amines is 1. The molecule has 0 atom stereocenters. The minimum absolute atomic E-state index is 0.0966. The van der Waals surface area contributed by atoms with Crippen LogP contribution in [0.2, 0.25) is 0 Å². The number of anilines is 1.